The molecule has 0 radical (unpaired) electrons. The van der Waals surface area contributed by atoms with Gasteiger partial charge in [-0.1, -0.05) is 113 Å². The highest BCUT2D eigenvalue weighted by Gasteiger charge is 2.37. The summed E-state index contributed by atoms with van der Waals surface area (Å²) in [5.74, 6) is 0. The molecule has 7 aromatic carbocycles. The lowest BCUT2D eigenvalue weighted by atomic mass is 9.33. The van der Waals surface area contributed by atoms with Crippen molar-refractivity contribution >= 4 is 72.5 Å². The van der Waals surface area contributed by atoms with Gasteiger partial charge in [0.1, 0.15) is 0 Å². The van der Waals surface area contributed by atoms with Crippen LogP contribution in [0, 0.1) is 20.8 Å². The monoisotopic (exact) mass is 523 g/mol. The summed E-state index contributed by atoms with van der Waals surface area (Å²) in [5.41, 5.74) is 11.8. The van der Waals surface area contributed by atoms with E-state index in [9.17, 15) is 0 Å². The second-order valence-electron chi connectivity index (χ2n) is 11.6. The SMILES string of the molecule is Cc1cc(C)c(B2c3cc4ccccc4cc3N(c3ccccc3)c3cc4cc5ccccc5cc4cc32)c(C)c1. The van der Waals surface area contributed by atoms with Crippen molar-refractivity contribution in [3.05, 3.63) is 144 Å². The molecule has 0 spiro atoms. The quantitative estimate of drug-likeness (QED) is 0.163. The van der Waals surface area contributed by atoms with Crippen LogP contribution in [0.4, 0.5) is 17.1 Å². The molecule has 0 fully saturated rings. The first-order valence-electron chi connectivity index (χ1n) is 14.5. The summed E-state index contributed by atoms with van der Waals surface area (Å²) < 4.78 is 0. The number of aryl methyl sites for hydroxylation is 3. The fourth-order valence-corrected chi connectivity index (χ4v) is 7.20. The van der Waals surface area contributed by atoms with Crippen LogP contribution in [0.3, 0.4) is 0 Å². The Bertz CT molecular complexity index is 2120. The van der Waals surface area contributed by atoms with Gasteiger partial charge in [0.15, 0.2) is 0 Å². The summed E-state index contributed by atoms with van der Waals surface area (Å²) in [4.78, 5) is 2.49. The predicted octanol–water partition coefficient (Wildman–Crippen LogP) is 8.37. The van der Waals surface area contributed by atoms with Crippen LogP contribution >= 0.6 is 0 Å². The van der Waals surface area contributed by atoms with E-state index in [4.69, 9.17) is 0 Å². The van der Waals surface area contributed by atoms with Crippen LogP contribution < -0.4 is 21.3 Å². The van der Waals surface area contributed by atoms with Gasteiger partial charge in [0.2, 0.25) is 6.71 Å². The summed E-state index contributed by atoms with van der Waals surface area (Å²) in [6, 6.07) is 47.5. The molecule has 0 saturated carbocycles. The first-order chi connectivity index (χ1) is 20.0. The van der Waals surface area contributed by atoms with Crippen molar-refractivity contribution < 1.29 is 0 Å². The van der Waals surface area contributed by atoms with Crippen LogP contribution in [0.1, 0.15) is 16.7 Å². The minimum absolute atomic E-state index is 0.126. The van der Waals surface area contributed by atoms with Gasteiger partial charge in [0.05, 0.1) is 0 Å². The van der Waals surface area contributed by atoms with E-state index in [1.54, 1.807) is 0 Å². The first-order valence-corrected chi connectivity index (χ1v) is 14.5. The van der Waals surface area contributed by atoms with Crippen LogP contribution in [-0.4, -0.2) is 6.71 Å². The van der Waals surface area contributed by atoms with E-state index in [2.05, 4.69) is 153 Å². The van der Waals surface area contributed by atoms with Gasteiger partial charge in [-0.15, -0.1) is 0 Å². The number of nitrogens with zero attached hydrogens (tertiary/aromatic N) is 1. The van der Waals surface area contributed by atoms with Crippen LogP contribution in [0.2, 0.25) is 0 Å². The Morgan fingerprint density at radius 3 is 1.46 bits per heavy atom. The second-order valence-corrected chi connectivity index (χ2v) is 11.6. The zero-order valence-corrected chi connectivity index (χ0v) is 23.6. The molecule has 2 heteroatoms. The van der Waals surface area contributed by atoms with Crippen molar-refractivity contribution in [1.82, 2.24) is 0 Å². The molecule has 8 rings (SSSR count). The van der Waals surface area contributed by atoms with E-state index in [-0.39, 0.29) is 6.71 Å². The number of hydrogen-bond acceptors (Lipinski definition) is 1. The summed E-state index contributed by atoms with van der Waals surface area (Å²) in [6.45, 7) is 6.90. The van der Waals surface area contributed by atoms with Crippen molar-refractivity contribution in [1.29, 1.82) is 0 Å². The fraction of sp³-hybridized carbons (Fsp3) is 0.0769. The highest BCUT2D eigenvalue weighted by atomic mass is 15.1. The number of benzene rings is 7. The minimum atomic E-state index is 0.126. The van der Waals surface area contributed by atoms with Crippen LogP contribution in [0.5, 0.6) is 0 Å². The number of fused-ring (bicyclic) bond motifs is 5. The zero-order chi connectivity index (χ0) is 27.7. The third-order valence-electron chi connectivity index (χ3n) is 8.89. The highest BCUT2D eigenvalue weighted by Crippen LogP contribution is 2.39. The molecular formula is C39H30BN. The average Bonchev–Trinajstić information content (AvgIpc) is 2.98. The van der Waals surface area contributed by atoms with Gasteiger partial charge < -0.3 is 4.90 Å². The molecule has 0 N–H and O–H groups in total. The van der Waals surface area contributed by atoms with E-state index in [0.29, 0.717) is 0 Å². The molecule has 1 aliphatic rings. The maximum atomic E-state index is 2.49. The van der Waals surface area contributed by atoms with Crippen molar-refractivity contribution in [2.45, 2.75) is 20.8 Å². The molecule has 1 heterocycles. The Morgan fingerprint density at radius 1 is 0.439 bits per heavy atom. The first kappa shape index (κ1) is 24.0. The maximum Gasteiger partial charge on any atom is 0.247 e. The smallest absolute Gasteiger partial charge is 0.247 e. The largest absolute Gasteiger partial charge is 0.311 e. The van der Waals surface area contributed by atoms with E-state index < -0.39 is 0 Å². The zero-order valence-electron chi connectivity index (χ0n) is 23.6. The molecule has 0 unspecified atom stereocenters. The molecule has 0 aliphatic carbocycles. The van der Waals surface area contributed by atoms with Gasteiger partial charge in [0.25, 0.3) is 0 Å². The van der Waals surface area contributed by atoms with Gasteiger partial charge in [-0.25, -0.2) is 0 Å². The minimum Gasteiger partial charge on any atom is -0.311 e. The van der Waals surface area contributed by atoms with E-state index in [0.717, 1.165) is 0 Å². The summed E-state index contributed by atoms with van der Waals surface area (Å²) in [7, 11) is 0. The second kappa shape index (κ2) is 9.11. The number of hydrogen-bond donors (Lipinski definition) is 0. The number of rotatable bonds is 2. The van der Waals surface area contributed by atoms with E-state index >= 15 is 0 Å². The van der Waals surface area contributed by atoms with Gasteiger partial charge >= 0.3 is 0 Å². The van der Waals surface area contributed by atoms with Crippen LogP contribution in [0.15, 0.2) is 127 Å². The third kappa shape index (κ3) is 3.78. The van der Waals surface area contributed by atoms with Gasteiger partial charge in [-0.05, 0) is 100 Å². The molecule has 0 atom stereocenters. The molecule has 0 bridgehead atoms. The van der Waals surface area contributed by atoms with Crippen molar-refractivity contribution in [3.63, 3.8) is 0 Å². The standard InChI is InChI=1S/C39H30BN/c1-25-17-26(2)39(27(3)18-25)40-35-21-30-13-9-10-14-31(30)23-37(35)41(34-15-5-4-6-16-34)38-24-33-20-29-12-8-7-11-28(29)19-32(33)22-36(38)40/h4-24H,1-3H3. The molecule has 1 nitrogen and oxygen atoms in total. The Labute approximate surface area is 241 Å². The topological polar surface area (TPSA) is 3.24 Å². The molecule has 1 aliphatic heterocycles. The van der Waals surface area contributed by atoms with Gasteiger partial charge in [-0.2, -0.15) is 0 Å². The lowest BCUT2D eigenvalue weighted by Crippen LogP contribution is -2.58. The molecule has 194 valence electrons. The van der Waals surface area contributed by atoms with E-state index in [1.165, 1.54) is 82.5 Å². The van der Waals surface area contributed by atoms with E-state index in [1.807, 2.05) is 0 Å². The number of para-hydroxylation sites is 1. The van der Waals surface area contributed by atoms with Crippen molar-refractivity contribution in [2.75, 3.05) is 4.90 Å². The molecule has 0 aromatic heterocycles. The lowest BCUT2D eigenvalue weighted by Gasteiger charge is -2.38. The normalized spacial score (nSPS) is 12.7. The van der Waals surface area contributed by atoms with Crippen molar-refractivity contribution in [3.8, 4) is 0 Å². The fourth-order valence-electron chi connectivity index (χ4n) is 7.20. The average molecular weight is 523 g/mol. The van der Waals surface area contributed by atoms with Crippen LogP contribution in [0.25, 0.3) is 32.3 Å². The maximum absolute atomic E-state index is 2.49. The molecular weight excluding hydrogens is 493 g/mol. The number of anilines is 3. The van der Waals surface area contributed by atoms with Crippen molar-refractivity contribution in [2.24, 2.45) is 0 Å². The molecule has 41 heavy (non-hydrogen) atoms. The summed E-state index contributed by atoms with van der Waals surface area (Å²) in [6.07, 6.45) is 0. The Hall–Kier alpha value is -4.82. The lowest BCUT2D eigenvalue weighted by molar-refractivity contribution is 1.30. The Kier molecular flexibility index (Phi) is 5.34. The summed E-state index contributed by atoms with van der Waals surface area (Å²) in [5, 5.41) is 7.65. The molecule has 7 aromatic rings. The Balaban J connectivity index is 1.53. The highest BCUT2D eigenvalue weighted by molar-refractivity contribution is 6.98. The summed E-state index contributed by atoms with van der Waals surface area (Å²) >= 11 is 0. The van der Waals surface area contributed by atoms with Gasteiger partial charge in [-0.3, -0.25) is 0 Å². The van der Waals surface area contributed by atoms with Gasteiger partial charge in [0, 0.05) is 17.1 Å². The molecule has 0 amide bonds. The van der Waals surface area contributed by atoms with Crippen LogP contribution in [-0.2, 0) is 0 Å². The third-order valence-corrected chi connectivity index (χ3v) is 8.89. The predicted molar refractivity (Wildman–Crippen MR) is 179 cm³/mol. The molecule has 0 saturated heterocycles. The Morgan fingerprint density at radius 2 is 0.878 bits per heavy atom.